The molecule has 3 atom stereocenters. The first-order valence-electron chi connectivity index (χ1n) is 7.36. The lowest BCUT2D eigenvalue weighted by Gasteiger charge is -2.26. The fourth-order valence-electron chi connectivity index (χ4n) is 3.24. The van der Waals surface area contributed by atoms with Gasteiger partial charge in [0, 0.05) is 16.0 Å². The molecule has 1 fully saturated rings. The number of carbonyl (C=O) groups excluding carboxylic acids is 1. The number of hydrogen-bond acceptors (Lipinski definition) is 5. The summed E-state index contributed by atoms with van der Waals surface area (Å²) in [5.74, 6) is -0.645. The van der Waals surface area contributed by atoms with E-state index >= 15 is 0 Å². The molecule has 0 saturated carbocycles. The third-order valence-corrected chi connectivity index (χ3v) is 5.59. The molecular formula is C17H16O4S. The molecule has 1 aromatic carbocycles. The first-order chi connectivity index (χ1) is 10.5. The minimum atomic E-state index is -1.54. The number of esters is 1. The van der Waals surface area contributed by atoms with Crippen LogP contribution in [0.15, 0.2) is 42.0 Å². The smallest absolute Gasteiger partial charge is 0.342 e. The number of ether oxygens (including phenoxy) is 1. The van der Waals surface area contributed by atoms with Gasteiger partial charge in [-0.3, -0.25) is 0 Å². The second-order valence-electron chi connectivity index (χ2n) is 5.99. The van der Waals surface area contributed by atoms with Crippen molar-refractivity contribution in [1.82, 2.24) is 0 Å². The molecule has 3 unspecified atom stereocenters. The van der Waals surface area contributed by atoms with Crippen LogP contribution >= 0.6 is 11.3 Å². The summed E-state index contributed by atoms with van der Waals surface area (Å²) in [7, 11) is 0. The second-order valence-corrected chi connectivity index (χ2v) is 7.16. The number of fused-ring (bicyclic) bond motifs is 3. The highest BCUT2D eigenvalue weighted by atomic mass is 32.1. The van der Waals surface area contributed by atoms with Gasteiger partial charge in [0.05, 0.1) is 0 Å². The van der Waals surface area contributed by atoms with Crippen molar-refractivity contribution in [3.63, 3.8) is 0 Å². The van der Waals surface area contributed by atoms with Gasteiger partial charge < -0.3 is 14.9 Å². The van der Waals surface area contributed by atoms with Gasteiger partial charge in [0.25, 0.3) is 0 Å². The van der Waals surface area contributed by atoms with Crippen LogP contribution < -0.4 is 0 Å². The number of aliphatic hydroxyl groups excluding tert-OH is 1. The van der Waals surface area contributed by atoms with Crippen LogP contribution in [0.5, 0.6) is 0 Å². The van der Waals surface area contributed by atoms with Gasteiger partial charge in [-0.05, 0) is 42.0 Å². The van der Waals surface area contributed by atoms with E-state index in [0.29, 0.717) is 12.0 Å². The average molecular weight is 316 g/mol. The van der Waals surface area contributed by atoms with Gasteiger partial charge in [-0.15, -0.1) is 11.3 Å². The number of aliphatic hydroxyl groups is 2. The fourth-order valence-corrected chi connectivity index (χ4v) is 4.31. The largest absolute Gasteiger partial charge is 0.457 e. The van der Waals surface area contributed by atoms with E-state index < -0.39 is 23.8 Å². The first kappa shape index (κ1) is 13.9. The lowest BCUT2D eigenvalue weighted by Crippen LogP contribution is -2.38. The summed E-state index contributed by atoms with van der Waals surface area (Å²) >= 11 is 1.73. The monoisotopic (exact) mass is 316 g/mol. The van der Waals surface area contributed by atoms with Crippen LogP contribution in [-0.4, -0.2) is 34.0 Å². The zero-order valence-electron chi connectivity index (χ0n) is 11.9. The van der Waals surface area contributed by atoms with E-state index in [2.05, 4.69) is 18.2 Å². The minimum absolute atomic E-state index is 0.152. The molecule has 1 aliphatic carbocycles. The molecule has 2 aliphatic rings. The van der Waals surface area contributed by atoms with Crippen molar-refractivity contribution >= 4 is 27.4 Å². The van der Waals surface area contributed by atoms with E-state index in [9.17, 15) is 15.0 Å². The molecule has 2 bridgehead atoms. The maximum atomic E-state index is 11.6. The Morgan fingerprint density at radius 2 is 2.14 bits per heavy atom. The summed E-state index contributed by atoms with van der Waals surface area (Å²) in [5, 5.41) is 21.7. The van der Waals surface area contributed by atoms with Crippen LogP contribution in [0.2, 0.25) is 0 Å². The molecule has 1 aliphatic heterocycles. The van der Waals surface area contributed by atoms with Crippen molar-refractivity contribution in [3.8, 4) is 0 Å². The Morgan fingerprint density at radius 1 is 1.32 bits per heavy atom. The molecule has 2 aromatic rings. The molecule has 0 amide bonds. The number of rotatable bonds is 3. The zero-order valence-corrected chi connectivity index (χ0v) is 12.7. The normalized spacial score (nSPS) is 30.5. The molecular weight excluding hydrogens is 300 g/mol. The van der Waals surface area contributed by atoms with E-state index in [1.807, 2.05) is 12.1 Å². The molecule has 1 saturated heterocycles. The highest BCUT2D eigenvalue weighted by Gasteiger charge is 2.52. The first-order valence-corrected chi connectivity index (χ1v) is 8.17. The molecule has 1 aromatic heterocycles. The molecule has 4 rings (SSSR count). The Hall–Kier alpha value is -1.69. The van der Waals surface area contributed by atoms with Crippen LogP contribution in [0.3, 0.4) is 0 Å². The van der Waals surface area contributed by atoms with Gasteiger partial charge in [-0.1, -0.05) is 18.2 Å². The second kappa shape index (κ2) is 4.91. The van der Waals surface area contributed by atoms with Gasteiger partial charge >= 0.3 is 5.97 Å². The maximum absolute atomic E-state index is 11.6. The third kappa shape index (κ3) is 2.17. The number of aryl methyl sites for hydroxylation is 1. The van der Waals surface area contributed by atoms with E-state index in [1.54, 1.807) is 11.3 Å². The Morgan fingerprint density at radius 3 is 2.95 bits per heavy atom. The summed E-state index contributed by atoms with van der Waals surface area (Å²) in [4.78, 5) is 12.9. The van der Waals surface area contributed by atoms with Crippen molar-refractivity contribution in [2.45, 2.75) is 37.1 Å². The molecule has 2 heterocycles. The van der Waals surface area contributed by atoms with Crippen molar-refractivity contribution in [2.24, 2.45) is 0 Å². The fraction of sp³-hybridized carbons (Fsp3) is 0.353. The molecule has 5 heteroatoms. The van der Waals surface area contributed by atoms with E-state index in [1.165, 1.54) is 21.0 Å². The number of hydrogen-bond donors (Lipinski definition) is 2. The van der Waals surface area contributed by atoms with Gasteiger partial charge in [0.15, 0.2) is 5.60 Å². The summed E-state index contributed by atoms with van der Waals surface area (Å²) < 4.78 is 6.29. The van der Waals surface area contributed by atoms with Gasteiger partial charge in [-0.25, -0.2) is 4.79 Å². The number of carbonyl (C=O) groups is 1. The van der Waals surface area contributed by atoms with Crippen molar-refractivity contribution in [1.29, 1.82) is 0 Å². The van der Waals surface area contributed by atoms with Gasteiger partial charge in [-0.2, -0.15) is 0 Å². The highest BCUT2D eigenvalue weighted by molar-refractivity contribution is 7.19. The summed E-state index contributed by atoms with van der Waals surface area (Å²) in [6.07, 6.45) is 1.62. The molecule has 22 heavy (non-hydrogen) atoms. The zero-order chi connectivity index (χ0) is 15.3. The quantitative estimate of drug-likeness (QED) is 0.673. The Labute approximate surface area is 131 Å². The maximum Gasteiger partial charge on any atom is 0.342 e. The average Bonchev–Trinajstić information content (AvgIpc) is 3.02. The SMILES string of the molecule is O=C1OC2CC1(O)C=C(CCc1cc3ccccc3s1)C2O. The standard InChI is InChI=1S/C17H16O4S/c18-15-11(8-17(20)9-13(15)21-16(17)19)5-6-12-7-10-3-1-2-4-14(10)22-12/h1-4,7-8,13,15,18,20H,5-6,9H2. The summed E-state index contributed by atoms with van der Waals surface area (Å²) in [5.41, 5.74) is -0.846. The van der Waals surface area contributed by atoms with Gasteiger partial charge in [0.1, 0.15) is 12.2 Å². The Balaban J connectivity index is 1.55. The summed E-state index contributed by atoms with van der Waals surface area (Å²) in [6, 6.07) is 10.4. The summed E-state index contributed by atoms with van der Waals surface area (Å²) in [6.45, 7) is 0. The van der Waals surface area contributed by atoms with Gasteiger partial charge in [0.2, 0.25) is 0 Å². The van der Waals surface area contributed by atoms with E-state index in [-0.39, 0.29) is 6.42 Å². The number of benzene rings is 1. The molecule has 0 spiro atoms. The minimum Gasteiger partial charge on any atom is -0.457 e. The van der Waals surface area contributed by atoms with Crippen LogP contribution in [0.25, 0.3) is 10.1 Å². The molecule has 2 N–H and O–H groups in total. The van der Waals surface area contributed by atoms with Crippen LogP contribution in [0.4, 0.5) is 0 Å². The molecule has 4 nitrogen and oxygen atoms in total. The lowest BCUT2D eigenvalue weighted by atomic mass is 9.84. The Kier molecular flexibility index (Phi) is 3.11. The van der Waals surface area contributed by atoms with E-state index in [0.717, 1.165) is 6.42 Å². The molecule has 114 valence electrons. The predicted molar refractivity (Wildman–Crippen MR) is 83.7 cm³/mol. The molecule has 0 radical (unpaired) electrons. The number of thiophene rings is 1. The lowest BCUT2D eigenvalue weighted by molar-refractivity contribution is -0.152. The third-order valence-electron chi connectivity index (χ3n) is 4.42. The van der Waals surface area contributed by atoms with Crippen molar-refractivity contribution in [2.75, 3.05) is 0 Å². The Bertz CT molecular complexity index is 745. The van der Waals surface area contributed by atoms with Crippen molar-refractivity contribution in [3.05, 3.63) is 46.9 Å². The topological polar surface area (TPSA) is 66.8 Å². The van der Waals surface area contributed by atoms with Crippen LogP contribution in [0, 0.1) is 0 Å². The van der Waals surface area contributed by atoms with Crippen LogP contribution in [0.1, 0.15) is 17.7 Å². The van der Waals surface area contributed by atoms with Crippen molar-refractivity contribution < 1.29 is 19.7 Å². The van der Waals surface area contributed by atoms with Crippen LogP contribution in [-0.2, 0) is 16.0 Å². The predicted octanol–water partition coefficient (Wildman–Crippen LogP) is 2.18. The van der Waals surface area contributed by atoms with E-state index in [4.69, 9.17) is 4.74 Å². The highest BCUT2D eigenvalue weighted by Crippen LogP contribution is 2.38.